The van der Waals surface area contributed by atoms with Gasteiger partial charge in [0.25, 0.3) is 5.69 Å². The molecule has 1 heterocycles. The molecule has 114 valence electrons. The lowest BCUT2D eigenvalue weighted by Crippen LogP contribution is -2.20. The summed E-state index contributed by atoms with van der Waals surface area (Å²) in [6, 6.07) is 17.6. The fourth-order valence-corrected chi connectivity index (χ4v) is 2.59. The summed E-state index contributed by atoms with van der Waals surface area (Å²) in [5, 5.41) is 26.5. The van der Waals surface area contributed by atoms with Crippen molar-refractivity contribution < 1.29 is 4.92 Å². The monoisotopic (exact) mass is 306 g/mol. The van der Waals surface area contributed by atoms with Gasteiger partial charge in [-0.25, -0.2) is 0 Å². The van der Waals surface area contributed by atoms with Crippen LogP contribution in [0.5, 0.6) is 0 Å². The molecule has 6 nitrogen and oxygen atoms in total. The zero-order chi connectivity index (χ0) is 16.2. The minimum absolute atomic E-state index is 0.0142. The van der Waals surface area contributed by atoms with Crippen molar-refractivity contribution in [1.29, 1.82) is 5.26 Å². The van der Waals surface area contributed by atoms with E-state index in [4.69, 9.17) is 0 Å². The molecule has 0 fully saturated rings. The van der Waals surface area contributed by atoms with Gasteiger partial charge in [-0.1, -0.05) is 30.3 Å². The van der Waals surface area contributed by atoms with E-state index in [9.17, 15) is 15.4 Å². The molecule has 0 radical (unpaired) electrons. The second-order valence-electron chi connectivity index (χ2n) is 5.21. The number of hydrogen-bond donors (Lipinski definition) is 0. The molecule has 2 aromatic carbocycles. The summed E-state index contributed by atoms with van der Waals surface area (Å²) < 4.78 is 0. The highest BCUT2D eigenvalue weighted by Crippen LogP contribution is 2.26. The number of rotatable bonds is 4. The van der Waals surface area contributed by atoms with Crippen LogP contribution in [0.2, 0.25) is 0 Å². The molecule has 0 saturated heterocycles. The first-order chi connectivity index (χ1) is 11.2. The fraction of sp³-hybridized carbons (Fsp3) is 0.176. The molecule has 0 saturated carbocycles. The molecule has 0 aliphatic carbocycles. The standard InChI is InChI=1S/C17H14N4O2/c18-12-17(14-6-8-15(9-7-14)21(22)23)20-11-10-16(19-20)13-4-2-1-3-5-13/h1-9,17H,10-11H2. The molecule has 1 aliphatic heterocycles. The zero-order valence-electron chi connectivity index (χ0n) is 12.3. The number of hydrogen-bond acceptors (Lipinski definition) is 5. The van der Waals surface area contributed by atoms with Crippen LogP contribution in [-0.4, -0.2) is 22.2 Å². The summed E-state index contributed by atoms with van der Waals surface area (Å²) in [7, 11) is 0. The van der Waals surface area contributed by atoms with Crippen molar-refractivity contribution in [2.75, 3.05) is 6.54 Å². The third-order valence-electron chi connectivity index (χ3n) is 3.77. The van der Waals surface area contributed by atoms with Gasteiger partial charge < -0.3 is 0 Å². The van der Waals surface area contributed by atoms with Crippen LogP contribution in [0.1, 0.15) is 23.6 Å². The Balaban J connectivity index is 1.83. The van der Waals surface area contributed by atoms with Gasteiger partial charge in [-0.2, -0.15) is 10.4 Å². The quantitative estimate of drug-likeness (QED) is 0.641. The van der Waals surface area contributed by atoms with Crippen LogP contribution in [0.3, 0.4) is 0 Å². The van der Waals surface area contributed by atoms with Crippen molar-refractivity contribution in [3.8, 4) is 6.07 Å². The van der Waals surface area contributed by atoms with E-state index >= 15 is 0 Å². The van der Waals surface area contributed by atoms with E-state index in [0.717, 1.165) is 17.7 Å². The number of nitriles is 1. The first kappa shape index (κ1) is 14.7. The molecule has 3 rings (SSSR count). The van der Waals surface area contributed by atoms with Crippen LogP contribution in [0, 0.1) is 21.4 Å². The Hall–Kier alpha value is -3.20. The van der Waals surface area contributed by atoms with E-state index in [2.05, 4.69) is 11.2 Å². The van der Waals surface area contributed by atoms with E-state index in [-0.39, 0.29) is 5.69 Å². The number of hydrazone groups is 1. The molecule has 2 aromatic rings. The van der Waals surface area contributed by atoms with Crippen LogP contribution in [-0.2, 0) is 0 Å². The largest absolute Gasteiger partial charge is 0.275 e. The molecule has 0 bridgehead atoms. The van der Waals surface area contributed by atoms with Crippen molar-refractivity contribution >= 4 is 11.4 Å². The minimum atomic E-state index is -0.544. The molecule has 6 heteroatoms. The second kappa shape index (κ2) is 6.28. The Morgan fingerprint density at radius 2 is 1.87 bits per heavy atom. The van der Waals surface area contributed by atoms with E-state index in [0.29, 0.717) is 12.1 Å². The minimum Gasteiger partial charge on any atom is -0.275 e. The van der Waals surface area contributed by atoms with Gasteiger partial charge in [0.1, 0.15) is 0 Å². The van der Waals surface area contributed by atoms with Gasteiger partial charge in [0.15, 0.2) is 6.04 Å². The Kier molecular flexibility index (Phi) is 4.02. The van der Waals surface area contributed by atoms with Crippen molar-refractivity contribution in [3.05, 3.63) is 75.8 Å². The molecule has 1 aliphatic rings. The average molecular weight is 306 g/mol. The highest BCUT2D eigenvalue weighted by Gasteiger charge is 2.25. The Morgan fingerprint density at radius 3 is 2.48 bits per heavy atom. The predicted octanol–water partition coefficient (Wildman–Crippen LogP) is 3.27. The van der Waals surface area contributed by atoms with Gasteiger partial charge in [0, 0.05) is 25.1 Å². The Morgan fingerprint density at radius 1 is 1.17 bits per heavy atom. The number of nitrogens with zero attached hydrogens (tertiary/aromatic N) is 4. The number of nitro benzene ring substituents is 1. The van der Waals surface area contributed by atoms with Crippen molar-refractivity contribution in [2.45, 2.75) is 12.5 Å². The van der Waals surface area contributed by atoms with Crippen molar-refractivity contribution in [1.82, 2.24) is 5.01 Å². The predicted molar refractivity (Wildman–Crippen MR) is 85.8 cm³/mol. The number of non-ortho nitro benzene ring substituents is 1. The topological polar surface area (TPSA) is 82.5 Å². The first-order valence-corrected chi connectivity index (χ1v) is 7.22. The van der Waals surface area contributed by atoms with Gasteiger partial charge in [0.2, 0.25) is 0 Å². The average Bonchev–Trinajstić information content (AvgIpc) is 3.06. The second-order valence-corrected chi connectivity index (χ2v) is 5.21. The lowest BCUT2D eigenvalue weighted by atomic mass is 10.1. The maximum Gasteiger partial charge on any atom is 0.269 e. The van der Waals surface area contributed by atoms with Crippen LogP contribution in [0.25, 0.3) is 0 Å². The molecule has 0 spiro atoms. The molecule has 1 atom stereocenters. The van der Waals surface area contributed by atoms with Gasteiger partial charge in [0.05, 0.1) is 16.7 Å². The molecular weight excluding hydrogens is 292 g/mol. The van der Waals surface area contributed by atoms with Gasteiger partial charge in [-0.05, 0) is 23.3 Å². The van der Waals surface area contributed by atoms with Crippen LogP contribution >= 0.6 is 0 Å². The zero-order valence-corrected chi connectivity index (χ0v) is 12.3. The first-order valence-electron chi connectivity index (χ1n) is 7.22. The summed E-state index contributed by atoms with van der Waals surface area (Å²) in [5.74, 6) is 0. The van der Waals surface area contributed by atoms with Gasteiger partial charge in [-0.15, -0.1) is 0 Å². The smallest absolute Gasteiger partial charge is 0.269 e. The van der Waals surface area contributed by atoms with E-state index in [1.807, 2.05) is 30.3 Å². The lowest BCUT2D eigenvalue weighted by molar-refractivity contribution is -0.384. The molecule has 0 aromatic heterocycles. The number of benzene rings is 2. The van der Waals surface area contributed by atoms with Crippen LogP contribution < -0.4 is 0 Å². The molecule has 1 unspecified atom stereocenters. The van der Waals surface area contributed by atoms with Crippen molar-refractivity contribution in [3.63, 3.8) is 0 Å². The maximum atomic E-state index is 10.7. The van der Waals surface area contributed by atoms with Crippen molar-refractivity contribution in [2.24, 2.45) is 5.10 Å². The highest BCUT2D eigenvalue weighted by molar-refractivity contribution is 6.01. The van der Waals surface area contributed by atoms with Crippen LogP contribution in [0.15, 0.2) is 59.7 Å². The summed E-state index contributed by atoms with van der Waals surface area (Å²) in [5.41, 5.74) is 2.72. The third-order valence-corrected chi connectivity index (χ3v) is 3.77. The van der Waals surface area contributed by atoms with Crippen LogP contribution in [0.4, 0.5) is 5.69 Å². The Labute approximate surface area is 133 Å². The van der Waals surface area contributed by atoms with Gasteiger partial charge >= 0.3 is 0 Å². The normalized spacial score (nSPS) is 14.9. The fourth-order valence-electron chi connectivity index (χ4n) is 2.59. The summed E-state index contributed by atoms with van der Waals surface area (Å²) >= 11 is 0. The van der Waals surface area contributed by atoms with E-state index in [1.165, 1.54) is 12.1 Å². The summed E-state index contributed by atoms with van der Waals surface area (Å²) in [6.07, 6.45) is 0.773. The highest BCUT2D eigenvalue weighted by atomic mass is 16.6. The summed E-state index contributed by atoms with van der Waals surface area (Å²) in [6.45, 7) is 0.652. The van der Waals surface area contributed by atoms with E-state index in [1.54, 1.807) is 17.1 Å². The van der Waals surface area contributed by atoms with E-state index < -0.39 is 11.0 Å². The number of nitro groups is 1. The molecular formula is C17H14N4O2. The maximum absolute atomic E-state index is 10.7. The molecule has 0 N–H and O–H groups in total. The molecule has 23 heavy (non-hydrogen) atoms. The summed E-state index contributed by atoms with van der Waals surface area (Å²) in [4.78, 5) is 10.3. The lowest BCUT2D eigenvalue weighted by Gasteiger charge is -2.20. The third kappa shape index (κ3) is 3.04. The molecule has 0 amide bonds. The SMILES string of the molecule is N#CC(c1ccc([N+](=O)[O-])cc1)N1CCC(c2ccccc2)=N1. The Bertz CT molecular complexity index is 778. The van der Waals surface area contributed by atoms with Gasteiger partial charge in [-0.3, -0.25) is 15.1 Å².